The third-order valence-corrected chi connectivity index (χ3v) is 6.28. The molecule has 0 spiro atoms. The summed E-state index contributed by atoms with van der Waals surface area (Å²) in [6.07, 6.45) is 3.65. The van der Waals surface area contributed by atoms with Crippen molar-refractivity contribution >= 4 is 5.91 Å². The van der Waals surface area contributed by atoms with E-state index >= 15 is 0 Å². The molecule has 0 radical (unpaired) electrons. The molecule has 0 unspecified atom stereocenters. The van der Waals surface area contributed by atoms with E-state index in [2.05, 4.69) is 9.88 Å². The smallest absolute Gasteiger partial charge is 0.219 e. The number of benzene rings is 2. The van der Waals surface area contributed by atoms with Crippen molar-refractivity contribution in [3.05, 3.63) is 77.9 Å². The van der Waals surface area contributed by atoms with Crippen LogP contribution in [-0.2, 0) is 25.0 Å². The number of aryl methyl sites for hydroxylation is 2. The van der Waals surface area contributed by atoms with Gasteiger partial charge in [-0.2, -0.15) is 0 Å². The van der Waals surface area contributed by atoms with Crippen molar-refractivity contribution in [2.24, 2.45) is 7.05 Å². The van der Waals surface area contributed by atoms with Gasteiger partial charge in [-0.1, -0.05) is 29.8 Å². The van der Waals surface area contributed by atoms with E-state index < -0.39 is 5.60 Å². The number of imidazole rings is 1. The quantitative estimate of drug-likeness (QED) is 0.536. The number of carbonyl (C=O) groups is 1. The SMILES string of the molecule is CC(=O)N1CCN(Cc2ccc(OCc3nccn3C)cc2)C[C@@](O)(COc2ccc(C)cc2)C1. The first-order chi connectivity index (χ1) is 16.8. The molecular weight excluding hydrogens is 444 g/mol. The highest BCUT2D eigenvalue weighted by molar-refractivity contribution is 5.73. The molecule has 1 atom stereocenters. The Kier molecular flexibility index (Phi) is 7.73. The Morgan fingerprint density at radius 1 is 1.03 bits per heavy atom. The molecule has 3 aromatic rings. The zero-order chi connectivity index (χ0) is 24.8. The number of carbonyl (C=O) groups excluding carboxylic acids is 1. The van der Waals surface area contributed by atoms with E-state index in [0.717, 1.165) is 22.7 Å². The third-order valence-electron chi connectivity index (χ3n) is 6.28. The average Bonchev–Trinajstić information content (AvgIpc) is 3.17. The standard InChI is InChI=1S/C27H34N4O4/c1-21-4-8-25(9-5-21)35-20-27(33)18-30(14-15-31(19-27)22(2)32)16-23-6-10-24(11-7-23)34-17-26-28-12-13-29(26)3/h4-13,33H,14-20H2,1-3H3/t27-/m0/s1. The molecule has 8 heteroatoms. The summed E-state index contributed by atoms with van der Waals surface area (Å²) >= 11 is 0. The number of rotatable bonds is 8. The second kappa shape index (κ2) is 10.9. The van der Waals surface area contributed by atoms with Crippen molar-refractivity contribution in [3.63, 3.8) is 0 Å². The Balaban J connectivity index is 1.39. The van der Waals surface area contributed by atoms with Crippen LogP contribution in [0.1, 0.15) is 23.9 Å². The van der Waals surface area contributed by atoms with E-state index in [4.69, 9.17) is 9.47 Å². The fraction of sp³-hybridized carbons (Fsp3) is 0.407. The number of β-amino-alcohol motifs (C(OH)–C–C–N with tert-alkyl or cyclic N) is 1. The first-order valence-electron chi connectivity index (χ1n) is 11.9. The molecule has 1 aromatic heterocycles. The van der Waals surface area contributed by atoms with E-state index in [0.29, 0.717) is 38.5 Å². The topological polar surface area (TPSA) is 80.1 Å². The van der Waals surface area contributed by atoms with Crippen molar-refractivity contribution in [2.45, 2.75) is 32.6 Å². The largest absolute Gasteiger partial charge is 0.490 e. The van der Waals surface area contributed by atoms with Gasteiger partial charge < -0.3 is 24.0 Å². The van der Waals surface area contributed by atoms with Gasteiger partial charge in [0.25, 0.3) is 0 Å². The maximum atomic E-state index is 12.2. The van der Waals surface area contributed by atoms with Crippen LogP contribution >= 0.6 is 0 Å². The van der Waals surface area contributed by atoms with Crippen LogP contribution in [0.5, 0.6) is 11.5 Å². The van der Waals surface area contributed by atoms with E-state index in [1.807, 2.05) is 73.3 Å². The Labute approximate surface area is 206 Å². The number of amides is 1. The zero-order valence-electron chi connectivity index (χ0n) is 20.7. The molecule has 186 valence electrons. The van der Waals surface area contributed by atoms with Gasteiger partial charge in [0.15, 0.2) is 0 Å². The van der Waals surface area contributed by atoms with E-state index in [1.165, 1.54) is 0 Å². The molecule has 2 heterocycles. The first-order valence-corrected chi connectivity index (χ1v) is 11.9. The van der Waals surface area contributed by atoms with Crippen LogP contribution in [-0.4, -0.2) is 68.8 Å². The number of nitrogens with zero attached hydrogens (tertiary/aromatic N) is 4. The lowest BCUT2D eigenvalue weighted by molar-refractivity contribution is -0.132. The highest BCUT2D eigenvalue weighted by atomic mass is 16.5. The second-order valence-corrected chi connectivity index (χ2v) is 9.36. The molecule has 0 aliphatic carbocycles. The number of aromatic nitrogens is 2. The Hall–Kier alpha value is -3.36. The maximum Gasteiger partial charge on any atom is 0.219 e. The van der Waals surface area contributed by atoms with Crippen LogP contribution < -0.4 is 9.47 Å². The summed E-state index contributed by atoms with van der Waals surface area (Å²) in [5.41, 5.74) is 1.07. The van der Waals surface area contributed by atoms with Crippen LogP contribution in [0.25, 0.3) is 0 Å². The van der Waals surface area contributed by atoms with Crippen LogP contribution in [0.15, 0.2) is 60.9 Å². The summed E-state index contributed by atoms with van der Waals surface area (Å²) in [5, 5.41) is 11.5. The van der Waals surface area contributed by atoms with Gasteiger partial charge in [0.2, 0.25) is 5.91 Å². The molecule has 2 aromatic carbocycles. The molecule has 1 fully saturated rings. The molecular formula is C27H34N4O4. The van der Waals surface area contributed by atoms with Crippen molar-refractivity contribution in [2.75, 3.05) is 32.8 Å². The Morgan fingerprint density at radius 2 is 1.71 bits per heavy atom. The second-order valence-electron chi connectivity index (χ2n) is 9.36. The third kappa shape index (κ3) is 6.83. The minimum Gasteiger partial charge on any atom is -0.490 e. The molecule has 0 saturated carbocycles. The molecule has 1 amide bonds. The fourth-order valence-corrected chi connectivity index (χ4v) is 4.22. The summed E-state index contributed by atoms with van der Waals surface area (Å²) < 4.78 is 13.7. The fourth-order valence-electron chi connectivity index (χ4n) is 4.22. The zero-order valence-corrected chi connectivity index (χ0v) is 20.7. The van der Waals surface area contributed by atoms with Crippen molar-refractivity contribution in [1.82, 2.24) is 19.4 Å². The molecule has 1 N–H and O–H groups in total. The molecule has 4 rings (SSSR count). The molecule has 0 bridgehead atoms. The van der Waals surface area contributed by atoms with Gasteiger partial charge in [0, 0.05) is 52.5 Å². The first kappa shape index (κ1) is 24.8. The molecule has 1 saturated heterocycles. The van der Waals surface area contributed by atoms with Crippen LogP contribution in [0.2, 0.25) is 0 Å². The van der Waals surface area contributed by atoms with Crippen molar-refractivity contribution in [1.29, 1.82) is 0 Å². The van der Waals surface area contributed by atoms with Gasteiger partial charge in [-0.15, -0.1) is 0 Å². The molecule has 35 heavy (non-hydrogen) atoms. The van der Waals surface area contributed by atoms with Gasteiger partial charge in [0.1, 0.15) is 36.1 Å². The van der Waals surface area contributed by atoms with Crippen LogP contribution in [0.4, 0.5) is 0 Å². The van der Waals surface area contributed by atoms with E-state index in [-0.39, 0.29) is 19.1 Å². The molecule has 1 aliphatic rings. The van der Waals surface area contributed by atoms with E-state index in [9.17, 15) is 9.90 Å². The summed E-state index contributed by atoms with van der Waals surface area (Å²) in [5.74, 6) is 2.30. The van der Waals surface area contributed by atoms with Crippen LogP contribution in [0, 0.1) is 6.92 Å². The van der Waals surface area contributed by atoms with Crippen LogP contribution in [0.3, 0.4) is 0 Å². The molecule has 1 aliphatic heterocycles. The van der Waals surface area contributed by atoms with Crippen molar-refractivity contribution < 1.29 is 19.4 Å². The van der Waals surface area contributed by atoms with Gasteiger partial charge in [0.05, 0.1) is 6.54 Å². The normalized spacial score (nSPS) is 18.8. The number of hydrogen-bond donors (Lipinski definition) is 1. The lowest BCUT2D eigenvalue weighted by atomic mass is 10.0. The maximum absolute atomic E-state index is 12.2. The van der Waals surface area contributed by atoms with Gasteiger partial charge in [-0.05, 0) is 36.8 Å². The highest BCUT2D eigenvalue weighted by Crippen LogP contribution is 2.21. The van der Waals surface area contributed by atoms with Crippen molar-refractivity contribution in [3.8, 4) is 11.5 Å². The predicted molar refractivity (Wildman–Crippen MR) is 133 cm³/mol. The Bertz CT molecular complexity index is 1110. The summed E-state index contributed by atoms with van der Waals surface area (Å²) in [7, 11) is 1.94. The lowest BCUT2D eigenvalue weighted by Crippen LogP contribution is -2.51. The summed E-state index contributed by atoms with van der Waals surface area (Å²) in [4.78, 5) is 20.3. The average molecular weight is 479 g/mol. The van der Waals surface area contributed by atoms with E-state index in [1.54, 1.807) is 18.0 Å². The van der Waals surface area contributed by atoms with Gasteiger partial charge >= 0.3 is 0 Å². The Morgan fingerprint density at radius 3 is 2.37 bits per heavy atom. The highest BCUT2D eigenvalue weighted by Gasteiger charge is 2.36. The lowest BCUT2D eigenvalue weighted by Gasteiger charge is -2.32. The number of hydrogen-bond acceptors (Lipinski definition) is 6. The van der Waals surface area contributed by atoms with Gasteiger partial charge in [-0.3, -0.25) is 9.69 Å². The predicted octanol–water partition coefficient (Wildman–Crippen LogP) is 2.78. The van der Waals surface area contributed by atoms with Gasteiger partial charge in [-0.25, -0.2) is 4.98 Å². The monoisotopic (exact) mass is 478 g/mol. The minimum absolute atomic E-state index is 0.0465. The number of ether oxygens (including phenoxy) is 2. The summed E-state index contributed by atoms with van der Waals surface area (Å²) in [6, 6.07) is 15.7. The minimum atomic E-state index is -1.18. The number of aliphatic hydroxyl groups is 1. The molecule has 8 nitrogen and oxygen atoms in total. The summed E-state index contributed by atoms with van der Waals surface area (Å²) in [6.45, 7) is 6.60.